The van der Waals surface area contributed by atoms with Crippen molar-refractivity contribution in [2.45, 2.75) is 6.92 Å². The monoisotopic (exact) mass is 332 g/mol. The number of fused-ring (bicyclic) bond motifs is 1. The van der Waals surface area contributed by atoms with Gasteiger partial charge in [-0.2, -0.15) is 0 Å². The summed E-state index contributed by atoms with van der Waals surface area (Å²) in [5.74, 6) is 1.02. The molecule has 2 aromatic carbocycles. The first kappa shape index (κ1) is 15.0. The smallest absolute Gasteiger partial charge is 0.408 e. The summed E-state index contributed by atoms with van der Waals surface area (Å²) in [6, 6.07) is 17.5. The highest BCUT2D eigenvalue weighted by atomic mass is 16.5. The Labute approximate surface area is 143 Å². The van der Waals surface area contributed by atoms with E-state index in [2.05, 4.69) is 41.2 Å². The molecule has 0 fully saturated rings. The first-order valence-electron chi connectivity index (χ1n) is 7.82. The lowest BCUT2D eigenvalue weighted by molar-refractivity contribution is 0.211. The number of rotatable bonds is 3. The minimum Gasteiger partial charge on any atom is -0.408 e. The lowest BCUT2D eigenvalue weighted by Gasteiger charge is -2.07. The molecule has 6 nitrogen and oxygen atoms in total. The number of hydrogen-bond acceptors (Lipinski definition) is 3. The maximum atomic E-state index is 11.1. The molecule has 1 amide bonds. The molecule has 0 unspecified atom stereocenters. The molecule has 0 spiro atoms. The van der Waals surface area contributed by atoms with Gasteiger partial charge < -0.3 is 20.0 Å². The summed E-state index contributed by atoms with van der Waals surface area (Å²) in [4.78, 5) is 18.9. The molecule has 0 aliphatic carbocycles. The van der Waals surface area contributed by atoms with E-state index in [1.807, 2.05) is 29.0 Å². The number of primary amides is 1. The first-order chi connectivity index (χ1) is 12.1. The maximum Gasteiger partial charge on any atom is 0.410 e. The van der Waals surface area contributed by atoms with Crippen molar-refractivity contribution in [2.24, 2.45) is 5.73 Å². The number of nitrogens with two attached hydrogens (primary N) is 1. The van der Waals surface area contributed by atoms with Crippen LogP contribution in [0.15, 0.2) is 60.8 Å². The van der Waals surface area contributed by atoms with Crippen molar-refractivity contribution in [1.29, 1.82) is 0 Å². The fourth-order valence-corrected chi connectivity index (χ4v) is 2.82. The van der Waals surface area contributed by atoms with E-state index < -0.39 is 6.09 Å². The third-order valence-electron chi connectivity index (χ3n) is 3.99. The van der Waals surface area contributed by atoms with E-state index >= 15 is 0 Å². The van der Waals surface area contributed by atoms with Crippen molar-refractivity contribution in [3.05, 3.63) is 66.4 Å². The number of H-pyrrole nitrogens is 1. The van der Waals surface area contributed by atoms with Crippen molar-refractivity contribution >= 4 is 17.1 Å². The standard InChI is InChI=1S/C19H16N4O2/c1-12-7-9-13(10-8-12)23-11-3-5-15(23)18-21-14-4-2-6-16(17(14)22-18)25-19(20)24/h2-11H,1H3,(H2,20,24)(H,21,22). The van der Waals surface area contributed by atoms with Crippen molar-refractivity contribution in [1.82, 2.24) is 14.5 Å². The Morgan fingerprint density at radius 3 is 2.68 bits per heavy atom. The van der Waals surface area contributed by atoms with Crippen LogP contribution >= 0.6 is 0 Å². The van der Waals surface area contributed by atoms with Crippen molar-refractivity contribution in [3.63, 3.8) is 0 Å². The molecule has 0 bridgehead atoms. The van der Waals surface area contributed by atoms with Crippen LogP contribution in [0.5, 0.6) is 5.75 Å². The Morgan fingerprint density at radius 1 is 1.12 bits per heavy atom. The van der Waals surface area contributed by atoms with E-state index in [9.17, 15) is 4.79 Å². The van der Waals surface area contributed by atoms with Gasteiger partial charge in [-0.1, -0.05) is 23.8 Å². The number of nitrogens with zero attached hydrogens (tertiary/aromatic N) is 2. The number of carbonyl (C=O) groups is 1. The Morgan fingerprint density at radius 2 is 1.92 bits per heavy atom. The van der Waals surface area contributed by atoms with Crippen molar-refractivity contribution < 1.29 is 9.53 Å². The summed E-state index contributed by atoms with van der Waals surface area (Å²) >= 11 is 0. The van der Waals surface area contributed by atoms with Gasteiger partial charge in [-0.05, 0) is 43.3 Å². The molecule has 3 N–H and O–H groups in total. The molecule has 0 radical (unpaired) electrons. The zero-order valence-electron chi connectivity index (χ0n) is 13.6. The molecule has 4 aromatic rings. The summed E-state index contributed by atoms with van der Waals surface area (Å²) in [6.45, 7) is 2.06. The third-order valence-corrected chi connectivity index (χ3v) is 3.99. The van der Waals surface area contributed by atoms with Gasteiger partial charge in [-0.15, -0.1) is 0 Å². The quantitative estimate of drug-likeness (QED) is 0.598. The molecule has 0 atom stereocenters. The van der Waals surface area contributed by atoms with Gasteiger partial charge in [0.2, 0.25) is 0 Å². The number of hydrogen-bond donors (Lipinski definition) is 2. The van der Waals surface area contributed by atoms with Crippen LogP contribution in [0.1, 0.15) is 5.56 Å². The molecule has 4 rings (SSSR count). The number of imidazole rings is 1. The van der Waals surface area contributed by atoms with Gasteiger partial charge in [0.25, 0.3) is 0 Å². The van der Waals surface area contributed by atoms with E-state index in [4.69, 9.17) is 10.5 Å². The van der Waals surface area contributed by atoms with Crippen LogP contribution in [0.2, 0.25) is 0 Å². The average molecular weight is 332 g/mol. The second kappa shape index (κ2) is 5.83. The number of para-hydroxylation sites is 1. The Hall–Kier alpha value is -3.54. The highest BCUT2D eigenvalue weighted by Gasteiger charge is 2.14. The zero-order chi connectivity index (χ0) is 17.4. The predicted octanol–water partition coefficient (Wildman–Crippen LogP) is 3.79. The number of nitrogens with one attached hydrogen (secondary N) is 1. The number of aryl methyl sites for hydroxylation is 1. The number of carbonyl (C=O) groups excluding carboxylic acids is 1. The minimum absolute atomic E-state index is 0.334. The van der Waals surface area contributed by atoms with E-state index in [-0.39, 0.29) is 0 Å². The molecule has 25 heavy (non-hydrogen) atoms. The van der Waals surface area contributed by atoms with Crippen LogP contribution in [0.3, 0.4) is 0 Å². The Bertz CT molecular complexity index is 1060. The van der Waals surface area contributed by atoms with Gasteiger partial charge in [0.1, 0.15) is 5.52 Å². The average Bonchev–Trinajstić information content (AvgIpc) is 3.21. The maximum absolute atomic E-state index is 11.1. The lowest BCUT2D eigenvalue weighted by atomic mass is 10.2. The largest absolute Gasteiger partial charge is 0.410 e. The normalized spacial score (nSPS) is 10.9. The number of benzene rings is 2. The van der Waals surface area contributed by atoms with Gasteiger partial charge in [0.15, 0.2) is 11.6 Å². The van der Waals surface area contributed by atoms with E-state index in [1.54, 1.807) is 12.1 Å². The third kappa shape index (κ3) is 2.74. The fourth-order valence-electron chi connectivity index (χ4n) is 2.82. The highest BCUT2D eigenvalue weighted by molar-refractivity contribution is 5.86. The summed E-state index contributed by atoms with van der Waals surface area (Å²) < 4.78 is 7.08. The van der Waals surface area contributed by atoms with E-state index in [0.29, 0.717) is 17.1 Å². The Kier molecular flexibility index (Phi) is 3.50. The molecule has 0 aliphatic heterocycles. The molecule has 0 saturated carbocycles. The second-order valence-electron chi connectivity index (χ2n) is 5.76. The minimum atomic E-state index is -0.861. The molecule has 0 aliphatic rings. The first-order valence-corrected chi connectivity index (χ1v) is 7.82. The molecule has 2 aromatic heterocycles. The Balaban J connectivity index is 1.82. The second-order valence-corrected chi connectivity index (χ2v) is 5.76. The molecular weight excluding hydrogens is 316 g/mol. The summed E-state index contributed by atoms with van der Waals surface area (Å²) in [7, 11) is 0. The zero-order valence-corrected chi connectivity index (χ0v) is 13.6. The summed E-state index contributed by atoms with van der Waals surface area (Å²) in [5.41, 5.74) is 9.61. The van der Waals surface area contributed by atoms with Crippen molar-refractivity contribution in [3.8, 4) is 23.0 Å². The van der Waals surface area contributed by atoms with Gasteiger partial charge >= 0.3 is 6.09 Å². The number of amides is 1. The van der Waals surface area contributed by atoms with Crippen LogP contribution in [-0.2, 0) is 0 Å². The molecule has 124 valence electrons. The van der Waals surface area contributed by atoms with Crippen LogP contribution in [0.25, 0.3) is 28.2 Å². The van der Waals surface area contributed by atoms with Gasteiger partial charge in [-0.3, -0.25) is 0 Å². The van der Waals surface area contributed by atoms with Crippen LogP contribution < -0.4 is 10.5 Å². The van der Waals surface area contributed by atoms with Crippen LogP contribution in [0.4, 0.5) is 4.79 Å². The molecule has 6 heteroatoms. The molecule has 2 heterocycles. The highest BCUT2D eigenvalue weighted by Crippen LogP contribution is 2.28. The lowest BCUT2D eigenvalue weighted by Crippen LogP contribution is -2.16. The van der Waals surface area contributed by atoms with Gasteiger partial charge in [0.05, 0.1) is 11.2 Å². The van der Waals surface area contributed by atoms with Gasteiger partial charge in [-0.25, -0.2) is 9.78 Å². The summed E-state index contributed by atoms with van der Waals surface area (Å²) in [6.07, 6.45) is 1.12. The SMILES string of the molecule is Cc1ccc(-n2cccc2-c2nc3c(OC(N)=O)cccc3[nH]2)cc1. The van der Waals surface area contributed by atoms with Crippen LogP contribution in [-0.4, -0.2) is 20.6 Å². The van der Waals surface area contributed by atoms with Crippen molar-refractivity contribution in [2.75, 3.05) is 0 Å². The number of aromatic amines is 1. The summed E-state index contributed by atoms with van der Waals surface area (Å²) in [5, 5.41) is 0. The molecule has 0 saturated heterocycles. The van der Waals surface area contributed by atoms with Crippen LogP contribution in [0, 0.1) is 6.92 Å². The van der Waals surface area contributed by atoms with Gasteiger partial charge in [0, 0.05) is 11.9 Å². The predicted molar refractivity (Wildman–Crippen MR) is 95.8 cm³/mol. The number of ether oxygens (including phenoxy) is 1. The fraction of sp³-hybridized carbons (Fsp3) is 0.0526. The molecular formula is C19H16N4O2. The number of aromatic nitrogens is 3. The van der Waals surface area contributed by atoms with E-state index in [1.165, 1.54) is 5.56 Å². The van der Waals surface area contributed by atoms with E-state index in [0.717, 1.165) is 16.9 Å². The topological polar surface area (TPSA) is 85.9 Å².